The average molecular weight is 285 g/mol. The Hall–Kier alpha value is -1.32. The Kier molecular flexibility index (Phi) is 3.21. The Bertz CT molecular complexity index is 553. The first-order chi connectivity index (χ1) is 8.39. The van der Waals surface area contributed by atoms with Crippen LogP contribution in [0.15, 0.2) is 30.9 Å². The van der Waals surface area contributed by atoms with E-state index in [1.54, 1.807) is 12.1 Å². The van der Waals surface area contributed by atoms with Gasteiger partial charge in [0.05, 0.1) is 0 Å². The van der Waals surface area contributed by atoms with Crippen LogP contribution in [-0.2, 0) is 14.3 Å². The van der Waals surface area contributed by atoms with Gasteiger partial charge in [-0.3, -0.25) is 9.59 Å². The van der Waals surface area contributed by atoms with Crippen LogP contribution in [0.5, 0.6) is 0 Å². The van der Waals surface area contributed by atoms with Gasteiger partial charge in [-0.15, -0.1) is 0 Å². The van der Waals surface area contributed by atoms with Crippen molar-refractivity contribution in [2.75, 3.05) is 0 Å². The molecule has 18 heavy (non-hydrogen) atoms. The van der Waals surface area contributed by atoms with E-state index in [1.165, 1.54) is 19.1 Å². The quantitative estimate of drug-likeness (QED) is 0.476. The highest BCUT2D eigenvalue weighted by Gasteiger charge is 2.51. The lowest BCUT2D eigenvalue weighted by molar-refractivity contribution is -0.146. The maximum absolute atomic E-state index is 12.2. The van der Waals surface area contributed by atoms with Crippen molar-refractivity contribution in [1.82, 2.24) is 0 Å². The molecule has 0 N–H and O–H groups in total. The number of ketones is 1. The summed E-state index contributed by atoms with van der Waals surface area (Å²) in [5.74, 6) is -2.00. The second kappa shape index (κ2) is 4.41. The van der Waals surface area contributed by atoms with Gasteiger partial charge in [0.25, 0.3) is 0 Å². The second-order valence-electron chi connectivity index (χ2n) is 4.20. The number of hydrogen-bond donors (Lipinski definition) is 0. The monoisotopic (exact) mass is 284 g/mol. The molecule has 0 saturated carbocycles. The molecule has 1 fully saturated rings. The molecule has 1 aliphatic rings. The van der Waals surface area contributed by atoms with Crippen molar-refractivity contribution in [1.29, 1.82) is 0 Å². The predicted octanol–water partition coefficient (Wildman–Crippen LogP) is 3.15. The third kappa shape index (κ3) is 1.93. The number of esters is 1. The smallest absolute Gasteiger partial charge is 0.322 e. The van der Waals surface area contributed by atoms with Crippen LogP contribution in [0.2, 0.25) is 10.0 Å². The summed E-state index contributed by atoms with van der Waals surface area (Å²) in [4.78, 5) is 24.0. The zero-order chi connectivity index (χ0) is 13.5. The number of benzene rings is 1. The number of halogens is 2. The van der Waals surface area contributed by atoms with Crippen LogP contribution < -0.4 is 0 Å². The Morgan fingerprint density at radius 1 is 1.39 bits per heavy atom. The van der Waals surface area contributed by atoms with Crippen LogP contribution in [0.1, 0.15) is 18.4 Å². The highest BCUT2D eigenvalue weighted by Crippen LogP contribution is 2.38. The number of hydrogen-bond acceptors (Lipinski definition) is 3. The minimum Gasteiger partial charge on any atom is -0.446 e. The summed E-state index contributed by atoms with van der Waals surface area (Å²) in [6.45, 7) is 5.02. The average Bonchev–Trinajstić information content (AvgIpc) is 2.52. The first-order valence-corrected chi connectivity index (χ1v) is 6.00. The van der Waals surface area contributed by atoms with E-state index in [0.29, 0.717) is 10.6 Å². The molecule has 0 amide bonds. The van der Waals surface area contributed by atoms with Crippen molar-refractivity contribution >= 4 is 35.0 Å². The SMILES string of the molecule is C=CC1(C)OC(=O)C(c2ccc(Cl)cc2Cl)C1=O. The molecule has 1 aromatic carbocycles. The molecule has 0 spiro atoms. The number of carbonyl (C=O) groups excluding carboxylic acids is 2. The summed E-state index contributed by atoms with van der Waals surface area (Å²) >= 11 is 11.8. The molecule has 2 unspecified atom stereocenters. The lowest BCUT2D eigenvalue weighted by Crippen LogP contribution is -2.30. The molecule has 0 radical (unpaired) electrons. The summed E-state index contributed by atoms with van der Waals surface area (Å²) in [6, 6.07) is 4.62. The first kappa shape index (κ1) is 13.1. The van der Waals surface area contributed by atoms with E-state index < -0.39 is 17.5 Å². The number of Topliss-reactive ketones (excluding diaryl/α,β-unsaturated/α-hetero) is 1. The van der Waals surface area contributed by atoms with Gasteiger partial charge in [0.15, 0.2) is 11.4 Å². The molecule has 0 aliphatic carbocycles. The van der Waals surface area contributed by atoms with E-state index >= 15 is 0 Å². The highest BCUT2D eigenvalue weighted by molar-refractivity contribution is 6.35. The number of carbonyl (C=O) groups is 2. The van der Waals surface area contributed by atoms with Crippen molar-refractivity contribution in [3.8, 4) is 0 Å². The number of rotatable bonds is 2. The molecule has 3 nitrogen and oxygen atoms in total. The molecule has 1 saturated heterocycles. The Labute approximate surface area is 114 Å². The minimum absolute atomic E-state index is 0.270. The molecule has 2 atom stereocenters. The standard InChI is InChI=1S/C13H10Cl2O3/c1-3-13(2)11(16)10(12(17)18-13)8-5-4-7(14)6-9(8)15/h3-6,10H,1H2,2H3. The molecule has 0 aromatic heterocycles. The molecule has 5 heteroatoms. The lowest BCUT2D eigenvalue weighted by atomic mass is 9.89. The van der Waals surface area contributed by atoms with Crippen molar-refractivity contribution in [3.63, 3.8) is 0 Å². The highest BCUT2D eigenvalue weighted by atomic mass is 35.5. The summed E-state index contributed by atoms with van der Waals surface area (Å²) in [5, 5.41) is 0.708. The Morgan fingerprint density at radius 3 is 2.56 bits per heavy atom. The van der Waals surface area contributed by atoms with Crippen molar-refractivity contribution in [2.24, 2.45) is 0 Å². The fourth-order valence-electron chi connectivity index (χ4n) is 1.86. The molecule has 1 aliphatic heterocycles. The van der Waals surface area contributed by atoms with Gasteiger partial charge < -0.3 is 4.74 Å². The zero-order valence-corrected chi connectivity index (χ0v) is 11.1. The topological polar surface area (TPSA) is 43.4 Å². The summed E-state index contributed by atoms with van der Waals surface area (Å²) in [5.41, 5.74) is -0.883. The van der Waals surface area contributed by atoms with Gasteiger partial charge in [0.1, 0.15) is 5.92 Å². The Morgan fingerprint density at radius 2 is 2.06 bits per heavy atom. The largest absolute Gasteiger partial charge is 0.446 e. The lowest BCUT2D eigenvalue weighted by Gasteiger charge is -2.14. The predicted molar refractivity (Wildman–Crippen MR) is 68.9 cm³/mol. The van der Waals surface area contributed by atoms with Crippen LogP contribution in [0, 0.1) is 0 Å². The molecule has 94 valence electrons. The van der Waals surface area contributed by atoms with E-state index in [4.69, 9.17) is 27.9 Å². The molecule has 0 bridgehead atoms. The minimum atomic E-state index is -1.29. The van der Waals surface area contributed by atoms with Gasteiger partial charge in [-0.1, -0.05) is 35.8 Å². The molecular formula is C13H10Cl2O3. The Balaban J connectivity index is 2.49. The third-order valence-corrected chi connectivity index (χ3v) is 3.53. The zero-order valence-electron chi connectivity index (χ0n) is 9.57. The first-order valence-electron chi connectivity index (χ1n) is 5.25. The van der Waals surface area contributed by atoms with Gasteiger partial charge in [0, 0.05) is 10.0 Å². The van der Waals surface area contributed by atoms with Crippen molar-refractivity contribution in [3.05, 3.63) is 46.5 Å². The summed E-state index contributed by atoms with van der Waals surface area (Å²) in [6.07, 6.45) is 1.32. The summed E-state index contributed by atoms with van der Waals surface area (Å²) in [7, 11) is 0. The van der Waals surface area contributed by atoms with E-state index in [9.17, 15) is 9.59 Å². The van der Waals surface area contributed by atoms with Crippen LogP contribution in [0.3, 0.4) is 0 Å². The summed E-state index contributed by atoms with van der Waals surface area (Å²) < 4.78 is 5.06. The maximum atomic E-state index is 12.2. The van der Waals surface area contributed by atoms with Gasteiger partial charge in [-0.25, -0.2) is 0 Å². The normalized spacial score (nSPS) is 27.2. The van der Waals surface area contributed by atoms with E-state index in [1.807, 2.05) is 0 Å². The van der Waals surface area contributed by atoms with Crippen LogP contribution in [0.4, 0.5) is 0 Å². The number of cyclic esters (lactones) is 1. The number of ether oxygens (including phenoxy) is 1. The van der Waals surface area contributed by atoms with Crippen LogP contribution >= 0.6 is 23.2 Å². The molecule has 1 heterocycles. The third-order valence-electron chi connectivity index (χ3n) is 2.96. The van der Waals surface area contributed by atoms with Crippen molar-refractivity contribution in [2.45, 2.75) is 18.4 Å². The molecule has 1 aromatic rings. The van der Waals surface area contributed by atoms with Crippen molar-refractivity contribution < 1.29 is 14.3 Å². The second-order valence-corrected chi connectivity index (χ2v) is 5.04. The van der Waals surface area contributed by atoms with E-state index in [-0.39, 0.29) is 10.8 Å². The van der Waals surface area contributed by atoms with Crippen LogP contribution in [-0.4, -0.2) is 17.4 Å². The molecule has 2 rings (SSSR count). The molecular weight excluding hydrogens is 275 g/mol. The van der Waals surface area contributed by atoms with E-state index in [2.05, 4.69) is 6.58 Å². The van der Waals surface area contributed by atoms with Gasteiger partial charge in [-0.05, 0) is 30.7 Å². The van der Waals surface area contributed by atoms with Gasteiger partial charge in [-0.2, -0.15) is 0 Å². The van der Waals surface area contributed by atoms with Crippen LogP contribution in [0.25, 0.3) is 0 Å². The fraction of sp³-hybridized carbons (Fsp3) is 0.231. The maximum Gasteiger partial charge on any atom is 0.322 e. The fourth-order valence-corrected chi connectivity index (χ4v) is 2.38. The van der Waals surface area contributed by atoms with Gasteiger partial charge in [0.2, 0.25) is 0 Å². The van der Waals surface area contributed by atoms with E-state index in [0.717, 1.165) is 0 Å². The van der Waals surface area contributed by atoms with Gasteiger partial charge >= 0.3 is 5.97 Å².